The molecule has 3 aromatic rings. The number of halogens is 1. The van der Waals surface area contributed by atoms with Crippen LogP contribution < -0.4 is 4.90 Å². The molecule has 0 fully saturated rings. The molecule has 0 bridgehead atoms. The predicted molar refractivity (Wildman–Crippen MR) is 119 cm³/mol. The Balaban J connectivity index is 1.77. The number of para-hydroxylation sites is 1. The van der Waals surface area contributed by atoms with Gasteiger partial charge in [-0.1, -0.05) is 84.9 Å². The maximum Gasteiger partial charge on any atom is 0.194 e. The highest BCUT2D eigenvalue weighted by Gasteiger charge is 2.24. The summed E-state index contributed by atoms with van der Waals surface area (Å²) in [6.07, 6.45) is 6.03. The Morgan fingerprint density at radius 2 is 1.44 bits per heavy atom. The van der Waals surface area contributed by atoms with Crippen LogP contribution in [0, 0.1) is 3.57 Å². The third-order valence-corrected chi connectivity index (χ3v) is 5.52. The zero-order valence-corrected chi connectivity index (χ0v) is 16.8. The van der Waals surface area contributed by atoms with E-state index in [1.807, 2.05) is 72.9 Å². The summed E-state index contributed by atoms with van der Waals surface area (Å²) in [6, 6.07) is 28.1. The number of allylic oxidation sites excluding steroid dienone is 2. The number of carbonyl (C=O) groups is 1. The van der Waals surface area contributed by atoms with E-state index in [9.17, 15) is 4.79 Å². The summed E-state index contributed by atoms with van der Waals surface area (Å²) in [5.41, 5.74) is 3.67. The molecule has 3 heteroatoms. The summed E-state index contributed by atoms with van der Waals surface area (Å²) in [4.78, 5) is 15.1. The van der Waals surface area contributed by atoms with Crippen molar-refractivity contribution in [2.45, 2.75) is 6.04 Å². The third-order valence-electron chi connectivity index (χ3n) is 4.61. The molecule has 3 aromatic carbocycles. The van der Waals surface area contributed by atoms with Gasteiger partial charge in [-0.25, -0.2) is 0 Å². The third kappa shape index (κ3) is 3.74. The average molecular weight is 463 g/mol. The molecule has 4 rings (SSSR count). The Kier molecular flexibility index (Phi) is 5.21. The van der Waals surface area contributed by atoms with E-state index in [1.54, 1.807) is 0 Å². The molecule has 1 aliphatic heterocycles. The van der Waals surface area contributed by atoms with Crippen LogP contribution in [0.1, 0.15) is 22.0 Å². The maximum absolute atomic E-state index is 13.0. The van der Waals surface area contributed by atoms with Gasteiger partial charge in [-0.3, -0.25) is 4.79 Å². The van der Waals surface area contributed by atoms with Crippen molar-refractivity contribution in [1.82, 2.24) is 0 Å². The van der Waals surface area contributed by atoms with E-state index >= 15 is 0 Å². The van der Waals surface area contributed by atoms with Gasteiger partial charge in [0.05, 0.1) is 11.7 Å². The predicted octanol–water partition coefficient (Wildman–Crippen LogP) is 6.18. The zero-order chi connectivity index (χ0) is 18.6. The first-order valence-electron chi connectivity index (χ1n) is 8.81. The summed E-state index contributed by atoms with van der Waals surface area (Å²) in [7, 11) is 0. The fourth-order valence-corrected chi connectivity index (χ4v) is 3.92. The minimum absolute atomic E-state index is 0.0364. The Morgan fingerprint density at radius 3 is 2.15 bits per heavy atom. The normalized spacial score (nSPS) is 16.1. The average Bonchev–Trinajstić information content (AvgIpc) is 2.74. The van der Waals surface area contributed by atoms with E-state index in [-0.39, 0.29) is 11.8 Å². The molecule has 1 atom stereocenters. The van der Waals surface area contributed by atoms with Crippen molar-refractivity contribution < 1.29 is 4.79 Å². The van der Waals surface area contributed by atoms with Crippen molar-refractivity contribution in [1.29, 1.82) is 0 Å². The van der Waals surface area contributed by atoms with Gasteiger partial charge >= 0.3 is 0 Å². The number of hydrogen-bond donors (Lipinski definition) is 0. The van der Waals surface area contributed by atoms with Crippen LogP contribution in [0.25, 0.3) is 0 Å². The second kappa shape index (κ2) is 7.92. The number of anilines is 1. The molecule has 1 unspecified atom stereocenters. The lowest BCUT2D eigenvalue weighted by Crippen LogP contribution is -2.26. The molecule has 0 saturated heterocycles. The van der Waals surface area contributed by atoms with Gasteiger partial charge in [0.2, 0.25) is 0 Å². The molecular formula is C24H18INO. The number of carbonyl (C=O) groups excluding carboxylic acids is 1. The van der Waals surface area contributed by atoms with Crippen molar-refractivity contribution in [2.24, 2.45) is 0 Å². The van der Waals surface area contributed by atoms with Crippen LogP contribution in [0.15, 0.2) is 109 Å². The van der Waals surface area contributed by atoms with E-state index in [0.29, 0.717) is 11.1 Å². The molecule has 1 heterocycles. The highest BCUT2D eigenvalue weighted by Crippen LogP contribution is 2.35. The minimum atomic E-state index is 0.0364. The van der Waals surface area contributed by atoms with Gasteiger partial charge in [0.15, 0.2) is 5.78 Å². The second-order valence-corrected chi connectivity index (χ2v) is 7.52. The van der Waals surface area contributed by atoms with Gasteiger partial charge < -0.3 is 4.90 Å². The molecule has 2 nitrogen and oxygen atoms in total. The monoisotopic (exact) mass is 463 g/mol. The van der Waals surface area contributed by atoms with Gasteiger partial charge in [0.25, 0.3) is 0 Å². The van der Waals surface area contributed by atoms with Gasteiger partial charge in [0, 0.05) is 20.9 Å². The number of hydrogen-bond acceptors (Lipinski definition) is 2. The largest absolute Gasteiger partial charge is 0.335 e. The fourth-order valence-electron chi connectivity index (χ4n) is 3.25. The first-order valence-corrected chi connectivity index (χ1v) is 9.89. The molecule has 0 spiro atoms. The molecule has 0 radical (unpaired) electrons. The summed E-state index contributed by atoms with van der Waals surface area (Å²) in [5.74, 6) is 0.0364. The second-order valence-electron chi connectivity index (χ2n) is 6.35. The van der Waals surface area contributed by atoms with Crippen LogP contribution in [0.3, 0.4) is 0 Å². The van der Waals surface area contributed by atoms with Crippen LogP contribution in [-0.2, 0) is 0 Å². The topological polar surface area (TPSA) is 20.3 Å². The Bertz CT molecular complexity index is 1010. The summed E-state index contributed by atoms with van der Waals surface area (Å²) in [5, 5.41) is 0. The quantitative estimate of drug-likeness (QED) is 0.341. The van der Waals surface area contributed by atoms with E-state index in [0.717, 1.165) is 9.26 Å². The standard InChI is InChI=1S/C24H18INO/c25-21-13-7-8-14-23(21)26-17-20(24(27)19-11-5-2-6-12-19)15-16-22(26)18-9-3-1-4-10-18/h1-17,22H. The van der Waals surface area contributed by atoms with Crippen LogP contribution in [-0.4, -0.2) is 5.78 Å². The number of Topliss-reactive ketones (excluding diaryl/α,β-unsaturated/α-hetero) is 1. The van der Waals surface area contributed by atoms with E-state index in [4.69, 9.17) is 0 Å². The number of rotatable bonds is 4. The van der Waals surface area contributed by atoms with Crippen LogP contribution in [0.4, 0.5) is 5.69 Å². The van der Waals surface area contributed by atoms with Crippen LogP contribution in [0.5, 0.6) is 0 Å². The van der Waals surface area contributed by atoms with Crippen LogP contribution in [0.2, 0.25) is 0 Å². The molecular weight excluding hydrogens is 445 g/mol. The van der Waals surface area contributed by atoms with Crippen molar-refractivity contribution in [2.75, 3.05) is 4.90 Å². The maximum atomic E-state index is 13.0. The number of nitrogens with zero attached hydrogens (tertiary/aromatic N) is 1. The Labute approximate surface area is 173 Å². The molecule has 0 amide bonds. The SMILES string of the molecule is O=C(C1=CN(c2ccccc2I)C(c2ccccc2)C=C1)c1ccccc1. The van der Waals surface area contributed by atoms with Gasteiger partial charge in [-0.15, -0.1) is 0 Å². The Morgan fingerprint density at radius 1 is 0.815 bits per heavy atom. The molecule has 0 aromatic heterocycles. The van der Waals surface area contributed by atoms with Crippen molar-refractivity contribution >= 4 is 34.1 Å². The van der Waals surface area contributed by atoms with Gasteiger partial charge in [0.1, 0.15) is 0 Å². The molecule has 27 heavy (non-hydrogen) atoms. The van der Waals surface area contributed by atoms with Crippen molar-refractivity contribution in [3.05, 3.63) is 124 Å². The Hall–Kier alpha value is -2.66. The number of ketones is 1. The molecule has 0 saturated carbocycles. The lowest BCUT2D eigenvalue weighted by atomic mass is 9.96. The van der Waals surface area contributed by atoms with Gasteiger partial charge in [-0.05, 0) is 40.3 Å². The zero-order valence-electron chi connectivity index (χ0n) is 14.6. The van der Waals surface area contributed by atoms with Gasteiger partial charge in [-0.2, -0.15) is 0 Å². The van der Waals surface area contributed by atoms with Crippen molar-refractivity contribution in [3.63, 3.8) is 0 Å². The molecule has 132 valence electrons. The highest BCUT2D eigenvalue weighted by atomic mass is 127. The minimum Gasteiger partial charge on any atom is -0.335 e. The first kappa shape index (κ1) is 17.7. The van der Waals surface area contributed by atoms with Crippen molar-refractivity contribution in [3.8, 4) is 0 Å². The lowest BCUT2D eigenvalue weighted by Gasteiger charge is -2.33. The molecule has 1 aliphatic rings. The van der Waals surface area contributed by atoms with E-state index < -0.39 is 0 Å². The van der Waals surface area contributed by atoms with E-state index in [1.165, 1.54) is 5.56 Å². The van der Waals surface area contributed by atoms with Crippen LogP contribution >= 0.6 is 22.6 Å². The highest BCUT2D eigenvalue weighted by molar-refractivity contribution is 14.1. The molecule has 0 aliphatic carbocycles. The summed E-state index contributed by atoms with van der Waals surface area (Å²) >= 11 is 2.35. The summed E-state index contributed by atoms with van der Waals surface area (Å²) in [6.45, 7) is 0. The number of benzene rings is 3. The van der Waals surface area contributed by atoms with E-state index in [2.05, 4.69) is 57.8 Å². The summed E-state index contributed by atoms with van der Waals surface area (Å²) < 4.78 is 1.15. The first-order chi connectivity index (χ1) is 13.2. The lowest BCUT2D eigenvalue weighted by molar-refractivity contribution is 0.103. The molecule has 0 N–H and O–H groups in total. The smallest absolute Gasteiger partial charge is 0.194 e. The fraction of sp³-hybridized carbons (Fsp3) is 0.0417.